The van der Waals surface area contributed by atoms with Gasteiger partial charge < -0.3 is 9.47 Å². The van der Waals surface area contributed by atoms with Crippen molar-refractivity contribution in [2.45, 2.75) is 38.9 Å². The van der Waals surface area contributed by atoms with Crippen LogP contribution in [0.25, 0.3) is 0 Å². The van der Waals surface area contributed by atoms with E-state index in [0.717, 1.165) is 30.7 Å². The maximum absolute atomic E-state index is 11.6. The zero-order valence-corrected chi connectivity index (χ0v) is 15.2. The summed E-state index contributed by atoms with van der Waals surface area (Å²) in [6.45, 7) is 4.94. The van der Waals surface area contributed by atoms with Crippen molar-refractivity contribution in [1.82, 2.24) is 9.29 Å². The minimum atomic E-state index is -3.07. The van der Waals surface area contributed by atoms with Crippen molar-refractivity contribution >= 4 is 10.0 Å². The first-order valence-electron chi connectivity index (χ1n) is 8.43. The Labute approximate surface area is 144 Å². The number of hydrogen-bond acceptors (Lipinski definition) is 5. The van der Waals surface area contributed by atoms with Gasteiger partial charge in [-0.1, -0.05) is 6.07 Å². The number of aromatic nitrogens is 1. The maximum atomic E-state index is 11.6. The van der Waals surface area contributed by atoms with Crippen molar-refractivity contribution in [3.8, 4) is 0 Å². The van der Waals surface area contributed by atoms with Gasteiger partial charge in [0.15, 0.2) is 0 Å². The second-order valence-electron chi connectivity index (χ2n) is 7.08. The molecule has 0 aromatic carbocycles. The van der Waals surface area contributed by atoms with Gasteiger partial charge in [-0.2, -0.15) is 0 Å². The highest BCUT2D eigenvalue weighted by atomic mass is 32.2. The number of pyridine rings is 1. The number of sulfonamides is 1. The Morgan fingerprint density at radius 3 is 2.79 bits per heavy atom. The Morgan fingerprint density at radius 2 is 2.12 bits per heavy atom. The van der Waals surface area contributed by atoms with E-state index < -0.39 is 10.0 Å². The smallest absolute Gasteiger partial charge is 0.211 e. The van der Waals surface area contributed by atoms with Gasteiger partial charge in [0.25, 0.3) is 0 Å². The van der Waals surface area contributed by atoms with Crippen molar-refractivity contribution in [2.24, 2.45) is 5.41 Å². The average molecular weight is 354 g/mol. The molecule has 2 aliphatic rings. The summed E-state index contributed by atoms with van der Waals surface area (Å²) in [7, 11) is -3.07. The van der Waals surface area contributed by atoms with Gasteiger partial charge in [-0.25, -0.2) is 12.7 Å². The van der Waals surface area contributed by atoms with Gasteiger partial charge in [-0.05, 0) is 43.7 Å². The van der Waals surface area contributed by atoms with Crippen molar-refractivity contribution in [3.63, 3.8) is 0 Å². The van der Waals surface area contributed by atoms with Crippen LogP contribution in [0.3, 0.4) is 0 Å². The number of ether oxygens (including phenoxy) is 2. The summed E-state index contributed by atoms with van der Waals surface area (Å²) in [4.78, 5) is 4.42. The molecule has 2 saturated heterocycles. The Kier molecular flexibility index (Phi) is 5.24. The predicted octanol–water partition coefficient (Wildman–Crippen LogP) is 1.74. The predicted molar refractivity (Wildman–Crippen MR) is 91.1 cm³/mol. The van der Waals surface area contributed by atoms with E-state index in [2.05, 4.69) is 4.98 Å². The molecular formula is C17H26N2O4S. The van der Waals surface area contributed by atoms with Gasteiger partial charge in [0.2, 0.25) is 10.0 Å². The molecule has 1 unspecified atom stereocenters. The quantitative estimate of drug-likeness (QED) is 0.806. The molecule has 134 valence electrons. The molecule has 0 aliphatic carbocycles. The Hall–Kier alpha value is -1.02. The highest BCUT2D eigenvalue weighted by Gasteiger charge is 2.43. The van der Waals surface area contributed by atoms with Crippen molar-refractivity contribution in [3.05, 3.63) is 29.6 Å². The van der Waals surface area contributed by atoms with Crippen LogP contribution in [0.5, 0.6) is 0 Å². The first kappa shape index (κ1) is 17.8. The van der Waals surface area contributed by atoms with Crippen LogP contribution in [0, 0.1) is 12.3 Å². The van der Waals surface area contributed by atoms with Crippen LogP contribution in [0.1, 0.15) is 30.7 Å². The standard InChI is InChI=1S/C17H26N2O4S/c1-14-4-3-5-15(18-14)11-22-12-16-10-17(13-23-16)6-8-19(9-7-17)24(2,20)21/h3-5,16H,6-13H2,1-2H3. The van der Waals surface area contributed by atoms with Crippen LogP contribution in [-0.4, -0.2) is 56.4 Å². The van der Waals surface area contributed by atoms with Gasteiger partial charge in [-0.15, -0.1) is 0 Å². The average Bonchev–Trinajstić information content (AvgIpc) is 2.90. The van der Waals surface area contributed by atoms with Crippen LogP contribution in [0.15, 0.2) is 18.2 Å². The fourth-order valence-corrected chi connectivity index (χ4v) is 4.46. The second kappa shape index (κ2) is 7.07. The fraction of sp³-hybridized carbons (Fsp3) is 0.706. The molecule has 3 heterocycles. The summed E-state index contributed by atoms with van der Waals surface area (Å²) in [5, 5.41) is 0. The SMILES string of the molecule is Cc1cccc(COCC2CC3(CCN(S(C)(=O)=O)CC3)CO2)n1. The van der Waals surface area contributed by atoms with E-state index in [4.69, 9.17) is 9.47 Å². The molecule has 7 heteroatoms. The lowest BCUT2D eigenvalue weighted by molar-refractivity contribution is 0.00648. The van der Waals surface area contributed by atoms with Gasteiger partial charge in [0.1, 0.15) is 0 Å². The maximum Gasteiger partial charge on any atom is 0.211 e. The van der Waals surface area contributed by atoms with Gasteiger partial charge in [-0.3, -0.25) is 4.98 Å². The fourth-order valence-electron chi connectivity index (χ4n) is 3.62. The summed E-state index contributed by atoms with van der Waals surface area (Å²) in [5.41, 5.74) is 2.05. The third-order valence-corrected chi connectivity index (χ3v) is 6.34. The van der Waals surface area contributed by atoms with Gasteiger partial charge >= 0.3 is 0 Å². The third kappa shape index (κ3) is 4.33. The van der Waals surface area contributed by atoms with E-state index in [-0.39, 0.29) is 11.5 Å². The van der Waals surface area contributed by atoms with E-state index in [1.165, 1.54) is 6.26 Å². The molecule has 2 aliphatic heterocycles. The van der Waals surface area contributed by atoms with Crippen molar-refractivity contribution < 1.29 is 17.9 Å². The van der Waals surface area contributed by atoms with Crippen molar-refractivity contribution in [1.29, 1.82) is 0 Å². The molecule has 1 aromatic rings. The van der Waals surface area contributed by atoms with Crippen LogP contribution in [0.4, 0.5) is 0 Å². The second-order valence-corrected chi connectivity index (χ2v) is 9.07. The Bertz CT molecular complexity index is 669. The summed E-state index contributed by atoms with van der Waals surface area (Å²) >= 11 is 0. The van der Waals surface area contributed by atoms with E-state index in [1.807, 2.05) is 25.1 Å². The number of nitrogens with zero attached hydrogens (tertiary/aromatic N) is 2. The van der Waals surface area contributed by atoms with E-state index in [9.17, 15) is 8.42 Å². The number of piperidine rings is 1. The number of aryl methyl sites for hydroxylation is 1. The number of hydrogen-bond donors (Lipinski definition) is 0. The molecule has 3 rings (SSSR count). The number of rotatable bonds is 5. The van der Waals surface area contributed by atoms with Gasteiger partial charge in [0, 0.05) is 18.8 Å². The van der Waals surface area contributed by atoms with Gasteiger partial charge in [0.05, 0.1) is 37.9 Å². The summed E-state index contributed by atoms with van der Waals surface area (Å²) in [5.74, 6) is 0. The lowest BCUT2D eigenvalue weighted by atomic mass is 9.77. The lowest BCUT2D eigenvalue weighted by Crippen LogP contribution is -2.43. The largest absolute Gasteiger partial charge is 0.375 e. The molecule has 0 saturated carbocycles. The van der Waals surface area contributed by atoms with Crippen LogP contribution in [-0.2, 0) is 26.1 Å². The molecule has 1 aromatic heterocycles. The van der Waals surface area contributed by atoms with Crippen LogP contribution in [0.2, 0.25) is 0 Å². The molecule has 0 amide bonds. The zero-order valence-electron chi connectivity index (χ0n) is 14.4. The molecule has 6 nitrogen and oxygen atoms in total. The first-order chi connectivity index (χ1) is 11.4. The lowest BCUT2D eigenvalue weighted by Gasteiger charge is -2.37. The minimum Gasteiger partial charge on any atom is -0.375 e. The normalized spacial score (nSPS) is 24.5. The molecule has 0 bridgehead atoms. The monoisotopic (exact) mass is 354 g/mol. The molecule has 0 N–H and O–H groups in total. The summed E-state index contributed by atoms with van der Waals surface area (Å²) < 4.78 is 36.5. The summed E-state index contributed by atoms with van der Waals surface area (Å²) in [6.07, 6.45) is 4.07. The van der Waals surface area contributed by atoms with Crippen LogP contribution >= 0.6 is 0 Å². The minimum absolute atomic E-state index is 0.0968. The van der Waals surface area contributed by atoms with E-state index in [1.54, 1.807) is 4.31 Å². The highest BCUT2D eigenvalue weighted by molar-refractivity contribution is 7.88. The molecule has 0 radical (unpaired) electrons. The molecule has 2 fully saturated rings. The molecule has 1 spiro atoms. The molecular weight excluding hydrogens is 328 g/mol. The Balaban J connectivity index is 1.44. The first-order valence-corrected chi connectivity index (χ1v) is 10.3. The zero-order chi connectivity index (χ0) is 17.2. The molecule has 24 heavy (non-hydrogen) atoms. The van der Waals surface area contributed by atoms with E-state index in [0.29, 0.717) is 32.9 Å². The topological polar surface area (TPSA) is 68.7 Å². The summed E-state index contributed by atoms with van der Waals surface area (Å²) in [6, 6.07) is 5.92. The third-order valence-electron chi connectivity index (χ3n) is 5.04. The van der Waals surface area contributed by atoms with Crippen molar-refractivity contribution in [2.75, 3.05) is 32.6 Å². The van der Waals surface area contributed by atoms with Crippen LogP contribution < -0.4 is 0 Å². The van der Waals surface area contributed by atoms with E-state index >= 15 is 0 Å². The Morgan fingerprint density at radius 1 is 1.38 bits per heavy atom. The molecule has 1 atom stereocenters. The highest BCUT2D eigenvalue weighted by Crippen LogP contribution is 2.42.